The Hall–Kier alpha value is -9.28. The molecule has 8 heteroatoms. The summed E-state index contributed by atoms with van der Waals surface area (Å²) in [6, 6.07) is 90.1. The third-order valence-electron chi connectivity index (χ3n) is 21.5. The van der Waals surface area contributed by atoms with Crippen molar-refractivity contribution >= 4 is 186 Å². The molecule has 4 nitrogen and oxygen atoms in total. The van der Waals surface area contributed by atoms with Gasteiger partial charge in [-0.1, -0.05) is 256 Å². The van der Waals surface area contributed by atoms with E-state index in [1.807, 2.05) is 45.3 Å². The Morgan fingerprint density at radius 3 is 0.606 bits per heavy atom. The average molecular weight is 1430 g/mol. The molecule has 104 heavy (non-hydrogen) atoms. The fourth-order valence-corrected chi connectivity index (χ4v) is 20.4. The lowest BCUT2D eigenvalue weighted by Gasteiger charge is -2.35. The van der Waals surface area contributed by atoms with Crippen LogP contribution >= 0.6 is 45.3 Å². The molecule has 0 aliphatic heterocycles. The number of rotatable bonds is 16. The smallest absolute Gasteiger partial charge is 0.0679 e. The van der Waals surface area contributed by atoms with Gasteiger partial charge in [0, 0.05) is 115 Å². The van der Waals surface area contributed by atoms with Crippen LogP contribution in [-0.4, -0.2) is 0 Å². The van der Waals surface area contributed by atoms with E-state index in [-0.39, 0.29) is 21.7 Å². The zero-order chi connectivity index (χ0) is 72.5. The van der Waals surface area contributed by atoms with Crippen LogP contribution in [0.15, 0.2) is 231 Å². The van der Waals surface area contributed by atoms with Crippen LogP contribution in [0.2, 0.25) is 0 Å². The van der Waals surface area contributed by atoms with Gasteiger partial charge in [0.05, 0.1) is 45.5 Å². The Morgan fingerprint density at radius 2 is 0.423 bits per heavy atom. The third kappa shape index (κ3) is 11.8. The molecule has 0 aliphatic rings. The summed E-state index contributed by atoms with van der Waals surface area (Å²) in [6.07, 6.45) is 3.49. The molecule has 0 amide bonds. The second-order valence-electron chi connectivity index (χ2n) is 32.3. The third-order valence-corrected chi connectivity index (χ3v) is 26.7. The van der Waals surface area contributed by atoms with E-state index in [0.29, 0.717) is 0 Å². The standard InChI is InChI=1S/C96H94N4S4/c1-17-79-89(71-29-21-25-33-83(71)101-79)97(63-45-37-59(38-46-63)93(5,6)7)75-57-76(98(64-47-39-60(40-48-64)94(8,9)10)90-72-30-22-26-34-84(72)102-80(90)18-2)68-55-56-70-78(100(66-51-43-62(44-52-66)96(14,15)16)92-74-32-24-28-36-86(74)104-82(92)20-4)58-77(69-54-53-67(75)87(68)88(69)70)99(65-49-41-61(42-50-65)95(11,12)13)91-73-31-23-27-35-85(73)103-81(91)19-3/h21-58H,17-20H2,1-16H3. The molecule has 522 valence electrons. The van der Waals surface area contributed by atoms with E-state index in [1.165, 1.54) is 137 Å². The number of fused-ring (bicyclic) bond motifs is 4. The van der Waals surface area contributed by atoms with Gasteiger partial charge in [0.25, 0.3) is 0 Å². The zero-order valence-corrected chi connectivity index (χ0v) is 66.5. The van der Waals surface area contributed by atoms with Crippen LogP contribution in [-0.2, 0) is 47.3 Å². The summed E-state index contributed by atoms with van der Waals surface area (Å²) in [5, 5.41) is 12.2. The van der Waals surface area contributed by atoms with Gasteiger partial charge in [-0.15, -0.1) is 45.3 Å². The van der Waals surface area contributed by atoms with Crippen molar-refractivity contribution in [2.24, 2.45) is 0 Å². The van der Waals surface area contributed by atoms with Crippen LogP contribution in [0.25, 0.3) is 72.7 Å². The van der Waals surface area contributed by atoms with Crippen molar-refractivity contribution in [1.29, 1.82) is 0 Å². The molecule has 0 bridgehead atoms. The van der Waals surface area contributed by atoms with Gasteiger partial charge in [-0.3, -0.25) is 0 Å². The topological polar surface area (TPSA) is 13.0 Å². The minimum Gasteiger partial charge on any atom is -0.308 e. The number of hydrogen-bond acceptors (Lipinski definition) is 8. The second-order valence-corrected chi connectivity index (χ2v) is 36.9. The number of aryl methyl sites for hydroxylation is 4. The largest absolute Gasteiger partial charge is 0.308 e. The molecule has 4 heterocycles. The summed E-state index contributed by atoms with van der Waals surface area (Å²) in [6.45, 7) is 37.3. The van der Waals surface area contributed by atoms with E-state index in [1.54, 1.807) is 0 Å². The number of nitrogens with zero attached hydrogens (tertiary/aromatic N) is 4. The highest BCUT2D eigenvalue weighted by atomic mass is 32.1. The summed E-state index contributed by atoms with van der Waals surface area (Å²) in [7, 11) is 0. The maximum Gasteiger partial charge on any atom is 0.0679 e. The lowest BCUT2D eigenvalue weighted by molar-refractivity contribution is 0.590. The molecule has 4 aromatic heterocycles. The van der Waals surface area contributed by atoms with Crippen molar-refractivity contribution in [3.05, 3.63) is 272 Å². The van der Waals surface area contributed by atoms with Crippen molar-refractivity contribution in [1.82, 2.24) is 0 Å². The van der Waals surface area contributed by atoms with Crippen LogP contribution < -0.4 is 19.6 Å². The molecule has 0 radical (unpaired) electrons. The monoisotopic (exact) mass is 1430 g/mol. The maximum atomic E-state index is 2.68. The number of thiophene rings is 4. The molecule has 0 fully saturated rings. The molecule has 0 aliphatic carbocycles. The van der Waals surface area contributed by atoms with Gasteiger partial charge >= 0.3 is 0 Å². The number of benzene rings is 12. The van der Waals surface area contributed by atoms with E-state index in [2.05, 4.69) is 361 Å². The highest BCUT2D eigenvalue weighted by Crippen LogP contribution is 2.60. The van der Waals surface area contributed by atoms with Crippen LogP contribution in [0.4, 0.5) is 68.2 Å². The highest BCUT2D eigenvalue weighted by Gasteiger charge is 2.35. The minimum absolute atomic E-state index is 0.0582. The van der Waals surface area contributed by atoms with Gasteiger partial charge in [0.2, 0.25) is 0 Å². The molecule has 16 aromatic rings. The van der Waals surface area contributed by atoms with Gasteiger partial charge in [-0.2, -0.15) is 0 Å². The van der Waals surface area contributed by atoms with E-state index >= 15 is 0 Å². The van der Waals surface area contributed by atoms with Gasteiger partial charge in [-0.25, -0.2) is 0 Å². The van der Waals surface area contributed by atoms with Crippen LogP contribution in [0.1, 0.15) is 153 Å². The van der Waals surface area contributed by atoms with Crippen LogP contribution in [0.5, 0.6) is 0 Å². The molecule has 0 atom stereocenters. The summed E-state index contributed by atoms with van der Waals surface area (Å²) in [5.41, 5.74) is 18.9. The van der Waals surface area contributed by atoms with Crippen molar-refractivity contribution in [2.45, 2.75) is 158 Å². The summed E-state index contributed by atoms with van der Waals surface area (Å²) >= 11 is 7.73. The SMILES string of the molecule is CCc1sc2ccccc2c1N(c1ccc(C(C)(C)C)cc1)c1cc(N(c2ccc(C(C)(C)C)cc2)c2c(CC)sc3ccccc23)c2ccc3c(N(c4ccc(C(C)(C)C)cc4)c4c(CC)sc5ccccc45)cc(N(c4ccc(C(C)(C)C)cc4)c4c(CC)sc5ccccc45)c4ccc1c2c43. The predicted octanol–water partition coefficient (Wildman–Crippen LogP) is 30.8. The first-order valence-electron chi connectivity index (χ1n) is 37.4. The summed E-state index contributed by atoms with van der Waals surface area (Å²) in [4.78, 5) is 16.1. The van der Waals surface area contributed by atoms with Crippen LogP contribution in [0.3, 0.4) is 0 Å². The van der Waals surface area contributed by atoms with E-state index in [9.17, 15) is 0 Å². The van der Waals surface area contributed by atoms with Gasteiger partial charge in [0.1, 0.15) is 0 Å². The molecular formula is C96H94N4S4. The van der Waals surface area contributed by atoms with E-state index in [4.69, 9.17) is 0 Å². The molecule has 12 aromatic carbocycles. The fraction of sp³-hybridized carbons (Fsp3) is 0.250. The second kappa shape index (κ2) is 26.4. The molecule has 0 spiro atoms. The Labute approximate surface area is 631 Å². The molecule has 16 rings (SSSR count). The van der Waals surface area contributed by atoms with Crippen molar-refractivity contribution in [3.8, 4) is 0 Å². The summed E-state index contributed by atoms with van der Waals surface area (Å²) < 4.78 is 5.14. The van der Waals surface area contributed by atoms with Gasteiger partial charge in [0.15, 0.2) is 0 Å². The molecule has 0 saturated heterocycles. The van der Waals surface area contributed by atoms with Crippen LogP contribution in [0, 0.1) is 0 Å². The van der Waals surface area contributed by atoms with Crippen molar-refractivity contribution < 1.29 is 0 Å². The zero-order valence-electron chi connectivity index (χ0n) is 63.2. The molecule has 0 N–H and O–H groups in total. The predicted molar refractivity (Wildman–Crippen MR) is 463 cm³/mol. The van der Waals surface area contributed by atoms with Crippen molar-refractivity contribution in [3.63, 3.8) is 0 Å². The molecular weight excluding hydrogens is 1340 g/mol. The first-order valence-corrected chi connectivity index (χ1v) is 40.6. The van der Waals surface area contributed by atoms with E-state index < -0.39 is 0 Å². The number of hydrogen-bond donors (Lipinski definition) is 0. The first-order chi connectivity index (χ1) is 49.9. The Kier molecular flexibility index (Phi) is 17.5. The molecule has 0 saturated carbocycles. The first kappa shape index (κ1) is 69.1. The lowest BCUT2D eigenvalue weighted by Crippen LogP contribution is -2.18. The van der Waals surface area contributed by atoms with E-state index in [0.717, 1.165) is 71.2 Å². The maximum absolute atomic E-state index is 2.68. The lowest BCUT2D eigenvalue weighted by atomic mass is 9.86. The Bertz CT molecular complexity index is 5170. The normalized spacial score (nSPS) is 12.6. The quantitative estimate of drug-likeness (QED) is 0.0894. The van der Waals surface area contributed by atoms with Crippen molar-refractivity contribution in [2.75, 3.05) is 19.6 Å². The average Bonchev–Trinajstić information content (AvgIpc) is 0.890. The van der Waals surface area contributed by atoms with Gasteiger partial charge < -0.3 is 19.6 Å². The van der Waals surface area contributed by atoms with Gasteiger partial charge in [-0.05, 0) is 155 Å². The Morgan fingerprint density at radius 1 is 0.231 bits per heavy atom. The molecule has 0 unspecified atom stereocenters. The fourth-order valence-electron chi connectivity index (χ4n) is 15.9. The number of anilines is 12. The Balaban J connectivity index is 1.15. The summed E-state index contributed by atoms with van der Waals surface area (Å²) in [5.74, 6) is 0. The highest BCUT2D eigenvalue weighted by molar-refractivity contribution is 7.21. The minimum atomic E-state index is -0.0582.